The van der Waals surface area contributed by atoms with Crippen LogP contribution in [0.5, 0.6) is 0 Å². The van der Waals surface area contributed by atoms with Crippen LogP contribution in [-0.2, 0) is 21.9 Å². The molecule has 4 rings (SSSR count). The molecule has 0 bridgehead atoms. The minimum atomic E-state index is -3.66. The highest BCUT2D eigenvalue weighted by Gasteiger charge is 2.37. The Hall–Kier alpha value is -2.59. The zero-order chi connectivity index (χ0) is 21.1. The van der Waals surface area contributed by atoms with E-state index in [0.29, 0.717) is 24.4 Å². The summed E-state index contributed by atoms with van der Waals surface area (Å²) in [5.41, 5.74) is 0.399. The highest BCUT2D eigenvalue weighted by atomic mass is 32.2. The van der Waals surface area contributed by atoms with Gasteiger partial charge in [0, 0.05) is 18.5 Å². The number of nitrogens with zero attached hydrogens (tertiary/aromatic N) is 5. The fraction of sp³-hybridized carbons (Fsp3) is 0.474. The summed E-state index contributed by atoms with van der Waals surface area (Å²) in [6.45, 7) is 5.60. The van der Waals surface area contributed by atoms with Gasteiger partial charge < -0.3 is 5.11 Å². The molecule has 0 radical (unpaired) electrons. The van der Waals surface area contributed by atoms with Crippen molar-refractivity contribution in [1.29, 1.82) is 0 Å². The number of aromatic nitrogens is 5. The monoisotopic (exact) mass is 417 g/mol. The van der Waals surface area contributed by atoms with Crippen LogP contribution in [-0.4, -0.2) is 44.1 Å². The van der Waals surface area contributed by atoms with Gasteiger partial charge in [-0.1, -0.05) is 13.0 Å². The molecule has 1 N–H and O–H groups in total. The molecule has 1 aliphatic rings. The van der Waals surface area contributed by atoms with Crippen LogP contribution in [0.15, 0.2) is 28.3 Å². The molecule has 0 aromatic carbocycles. The predicted octanol–water partition coefficient (Wildman–Crippen LogP) is 1.51. The first-order chi connectivity index (χ1) is 13.6. The zero-order valence-electron chi connectivity index (χ0n) is 16.7. The molecular formula is C19H23N5O4S. The average Bonchev–Trinajstić information content (AvgIpc) is 3.16. The van der Waals surface area contributed by atoms with E-state index in [2.05, 4.69) is 15.0 Å². The fourth-order valence-electron chi connectivity index (χ4n) is 3.85. The Morgan fingerprint density at radius 1 is 1.28 bits per heavy atom. The van der Waals surface area contributed by atoms with E-state index in [1.165, 1.54) is 15.6 Å². The van der Waals surface area contributed by atoms with Gasteiger partial charge in [0.1, 0.15) is 11.0 Å². The maximum absolute atomic E-state index is 13.0. The SMILES string of the molecule is CC[C@@]1(O)CCc2ccc(-n3c4nc(S(C)(=O)=O)ncc4c(=O)n3C(C)C)nc21. The predicted molar refractivity (Wildman–Crippen MR) is 107 cm³/mol. The number of aryl methyl sites for hydroxylation is 1. The molecular weight excluding hydrogens is 394 g/mol. The van der Waals surface area contributed by atoms with Crippen LogP contribution >= 0.6 is 0 Å². The lowest BCUT2D eigenvalue weighted by Crippen LogP contribution is -2.26. The van der Waals surface area contributed by atoms with Gasteiger partial charge in [0.15, 0.2) is 11.5 Å². The van der Waals surface area contributed by atoms with Crippen molar-refractivity contribution in [2.24, 2.45) is 0 Å². The summed E-state index contributed by atoms with van der Waals surface area (Å²) in [5.74, 6) is 0.400. The molecule has 0 saturated carbocycles. The standard InChI is InChI=1S/C19H23N5O4S/c1-5-19(26)9-8-12-6-7-14(21-15(12)19)24-16-13(17(25)23(24)11(2)3)10-20-18(22-16)29(4,27)28/h6-7,10-11,26H,5,8-9H2,1-4H3/t19-/m1/s1. The molecule has 10 heteroatoms. The van der Waals surface area contributed by atoms with Gasteiger partial charge in [0.2, 0.25) is 15.0 Å². The molecule has 9 nitrogen and oxygen atoms in total. The lowest BCUT2D eigenvalue weighted by Gasteiger charge is -2.22. The number of pyridine rings is 1. The molecule has 154 valence electrons. The summed E-state index contributed by atoms with van der Waals surface area (Å²) >= 11 is 0. The van der Waals surface area contributed by atoms with Crippen molar-refractivity contribution >= 4 is 20.9 Å². The fourth-order valence-corrected chi connectivity index (χ4v) is 4.35. The Kier molecular flexibility index (Phi) is 4.39. The highest BCUT2D eigenvalue weighted by molar-refractivity contribution is 7.90. The molecule has 0 saturated heterocycles. The molecule has 0 spiro atoms. The van der Waals surface area contributed by atoms with Gasteiger partial charge >= 0.3 is 0 Å². The maximum Gasteiger partial charge on any atom is 0.278 e. The summed E-state index contributed by atoms with van der Waals surface area (Å²) in [6.07, 6.45) is 4.12. The number of fused-ring (bicyclic) bond motifs is 2. The topological polar surface area (TPSA) is 120 Å². The number of rotatable bonds is 4. The third-order valence-corrected chi connectivity index (χ3v) is 6.30. The number of hydrogen-bond donors (Lipinski definition) is 1. The third-order valence-electron chi connectivity index (χ3n) is 5.44. The normalized spacial score (nSPS) is 19.2. The van der Waals surface area contributed by atoms with E-state index in [0.717, 1.165) is 18.2 Å². The van der Waals surface area contributed by atoms with Crippen molar-refractivity contribution < 1.29 is 13.5 Å². The van der Waals surface area contributed by atoms with Crippen molar-refractivity contribution in [1.82, 2.24) is 24.3 Å². The van der Waals surface area contributed by atoms with Crippen LogP contribution in [0, 0.1) is 0 Å². The first-order valence-electron chi connectivity index (χ1n) is 9.50. The van der Waals surface area contributed by atoms with Gasteiger partial charge in [-0.15, -0.1) is 0 Å². The molecule has 0 amide bonds. The Morgan fingerprint density at radius 2 is 2.00 bits per heavy atom. The average molecular weight is 417 g/mol. The Bertz CT molecular complexity index is 1290. The first kappa shape index (κ1) is 19.7. The summed E-state index contributed by atoms with van der Waals surface area (Å²) in [5, 5.41) is 10.8. The molecule has 1 atom stereocenters. The molecule has 0 unspecified atom stereocenters. The molecule has 29 heavy (non-hydrogen) atoms. The molecule has 3 heterocycles. The van der Waals surface area contributed by atoms with Gasteiger partial charge in [-0.2, -0.15) is 4.98 Å². The van der Waals surface area contributed by atoms with Crippen molar-refractivity contribution in [3.63, 3.8) is 0 Å². The van der Waals surface area contributed by atoms with Crippen molar-refractivity contribution in [3.05, 3.63) is 39.9 Å². The second-order valence-corrected chi connectivity index (χ2v) is 9.69. The number of hydrogen-bond acceptors (Lipinski definition) is 7. The summed E-state index contributed by atoms with van der Waals surface area (Å²) < 4.78 is 26.9. The van der Waals surface area contributed by atoms with Crippen LogP contribution < -0.4 is 5.56 Å². The van der Waals surface area contributed by atoms with E-state index in [9.17, 15) is 18.3 Å². The summed E-state index contributed by atoms with van der Waals surface area (Å²) in [6, 6.07) is 3.42. The van der Waals surface area contributed by atoms with Crippen LogP contribution in [0.25, 0.3) is 16.9 Å². The third kappa shape index (κ3) is 2.98. The minimum Gasteiger partial charge on any atom is -0.384 e. The van der Waals surface area contributed by atoms with Gasteiger partial charge in [-0.3, -0.25) is 4.79 Å². The van der Waals surface area contributed by atoms with Crippen LogP contribution in [0.1, 0.15) is 50.9 Å². The van der Waals surface area contributed by atoms with E-state index in [1.54, 1.807) is 6.07 Å². The second-order valence-electron chi connectivity index (χ2n) is 7.78. The maximum atomic E-state index is 13.0. The van der Waals surface area contributed by atoms with Crippen LogP contribution in [0.4, 0.5) is 0 Å². The second kappa shape index (κ2) is 6.46. The first-order valence-corrected chi connectivity index (χ1v) is 11.4. The number of sulfone groups is 1. The quantitative estimate of drug-likeness (QED) is 0.639. The van der Waals surface area contributed by atoms with Gasteiger partial charge in [0.25, 0.3) is 5.56 Å². The van der Waals surface area contributed by atoms with Crippen molar-refractivity contribution in [3.8, 4) is 5.82 Å². The van der Waals surface area contributed by atoms with E-state index < -0.39 is 15.4 Å². The van der Waals surface area contributed by atoms with Gasteiger partial charge in [-0.05, 0) is 44.7 Å². The molecule has 1 aliphatic carbocycles. The summed E-state index contributed by atoms with van der Waals surface area (Å²) in [7, 11) is -3.66. The van der Waals surface area contributed by atoms with Gasteiger partial charge in [0.05, 0.1) is 5.69 Å². The largest absolute Gasteiger partial charge is 0.384 e. The smallest absolute Gasteiger partial charge is 0.278 e. The highest BCUT2D eigenvalue weighted by Crippen LogP contribution is 2.38. The van der Waals surface area contributed by atoms with E-state index in [4.69, 9.17) is 0 Å². The molecule has 0 fully saturated rings. The van der Waals surface area contributed by atoms with Crippen molar-refractivity contribution in [2.75, 3.05) is 6.26 Å². The molecule has 3 aromatic rings. The molecule has 0 aliphatic heterocycles. The van der Waals surface area contributed by atoms with Crippen LogP contribution in [0.3, 0.4) is 0 Å². The van der Waals surface area contributed by atoms with Crippen LogP contribution in [0.2, 0.25) is 0 Å². The Morgan fingerprint density at radius 3 is 2.62 bits per heavy atom. The van der Waals surface area contributed by atoms with E-state index >= 15 is 0 Å². The van der Waals surface area contributed by atoms with Gasteiger partial charge in [-0.25, -0.2) is 27.7 Å². The van der Waals surface area contributed by atoms with E-state index in [1.807, 2.05) is 26.8 Å². The molecule has 3 aromatic heterocycles. The van der Waals surface area contributed by atoms with Crippen molar-refractivity contribution in [2.45, 2.75) is 56.8 Å². The Balaban J connectivity index is 2.07. The zero-order valence-corrected chi connectivity index (χ0v) is 17.6. The lowest BCUT2D eigenvalue weighted by atomic mass is 9.98. The lowest BCUT2D eigenvalue weighted by molar-refractivity contribution is 0.0305. The minimum absolute atomic E-state index is 0.171. The van der Waals surface area contributed by atoms with E-state index in [-0.39, 0.29) is 27.8 Å². The summed E-state index contributed by atoms with van der Waals surface area (Å²) in [4.78, 5) is 25.7. The Labute approximate surface area is 168 Å². The number of aliphatic hydroxyl groups is 1.